The van der Waals surface area contributed by atoms with Crippen molar-refractivity contribution in [1.29, 1.82) is 0 Å². The molecule has 0 aromatic carbocycles. The zero-order valence-electron chi connectivity index (χ0n) is 6.47. The first kappa shape index (κ1) is 43.2. The summed E-state index contributed by atoms with van der Waals surface area (Å²) < 4.78 is 51.5. The number of hydrogen-bond acceptors (Lipinski definition) is 8. The summed E-state index contributed by atoms with van der Waals surface area (Å²) in [6.07, 6.45) is 0. The van der Waals surface area contributed by atoms with Gasteiger partial charge in [0.1, 0.15) is 0 Å². The van der Waals surface area contributed by atoms with Crippen molar-refractivity contribution in [2.24, 2.45) is 0 Å². The van der Waals surface area contributed by atoms with E-state index in [1.54, 1.807) is 0 Å². The van der Waals surface area contributed by atoms with Gasteiger partial charge in [-0.25, -0.2) is 0 Å². The molecule has 0 aromatic rings. The molecule has 2 N–H and O–H groups in total. The molecular formula is H2Ca3O8Ti2. The topological polar surface area (TPSA) is 186 Å². The second-order valence-corrected chi connectivity index (χ2v) is 2.06. The van der Waals surface area contributed by atoms with Gasteiger partial charge in [-0.3, -0.25) is 0 Å². The average Bonchev–Trinajstić information content (AvgIpc) is 1.25. The van der Waals surface area contributed by atoms with E-state index < -0.39 is 37.2 Å². The molecule has 0 aromatic heterocycles. The molecule has 0 aliphatic carbocycles. The maximum absolute atomic E-state index is 8.58. The molecule has 0 aliphatic rings. The molecule has 0 atom stereocenters. The Morgan fingerprint density at radius 3 is 0.615 bits per heavy atom. The summed E-state index contributed by atoms with van der Waals surface area (Å²) in [5.41, 5.74) is 0. The van der Waals surface area contributed by atoms with Crippen molar-refractivity contribution < 1.29 is 69.6 Å². The van der Waals surface area contributed by atoms with Gasteiger partial charge < -0.3 is 11.0 Å². The maximum atomic E-state index is 8.58. The van der Waals surface area contributed by atoms with E-state index in [-0.39, 0.29) is 124 Å². The van der Waals surface area contributed by atoms with Crippen molar-refractivity contribution in [2.45, 2.75) is 0 Å². The SMILES string of the molecule is [Ca+2].[Ca+2].[Ca+2].[OH-].[OH-].[O]=[Ti]([O-])[O-].[O]=[Ti]([O-])[O-]. The molecule has 0 aliphatic heterocycles. The van der Waals surface area contributed by atoms with Crippen LogP contribution in [0.1, 0.15) is 0 Å². The van der Waals surface area contributed by atoms with Crippen LogP contribution in [0.15, 0.2) is 0 Å². The summed E-state index contributed by atoms with van der Waals surface area (Å²) in [6, 6.07) is 0. The molecule has 0 bridgehead atoms. The first-order valence-electron chi connectivity index (χ1n) is 1.22. The fourth-order valence-corrected chi connectivity index (χ4v) is 0. The molecule has 8 nitrogen and oxygen atoms in total. The summed E-state index contributed by atoms with van der Waals surface area (Å²) in [5.74, 6) is 0. The quantitative estimate of drug-likeness (QED) is 0.387. The van der Waals surface area contributed by atoms with Crippen molar-refractivity contribution in [3.05, 3.63) is 0 Å². The van der Waals surface area contributed by atoms with E-state index in [0.29, 0.717) is 0 Å². The Bertz CT molecular complexity index is 75.4. The van der Waals surface area contributed by atoms with Gasteiger partial charge in [0.05, 0.1) is 0 Å². The number of rotatable bonds is 0. The van der Waals surface area contributed by atoms with Crippen LogP contribution < -0.4 is 14.8 Å². The minimum absolute atomic E-state index is 0. The molecule has 0 unspecified atom stereocenters. The fourth-order valence-electron chi connectivity index (χ4n) is 0. The third-order valence-electron chi connectivity index (χ3n) is 0. The van der Waals surface area contributed by atoms with Crippen molar-refractivity contribution in [1.82, 2.24) is 0 Å². The predicted molar refractivity (Wildman–Crippen MR) is 22.5 cm³/mol. The van der Waals surface area contributed by atoms with Crippen LogP contribution in [0.3, 0.4) is 0 Å². The van der Waals surface area contributed by atoms with Gasteiger partial charge in [0.2, 0.25) is 0 Å². The van der Waals surface area contributed by atoms with Gasteiger partial charge in [-0.1, -0.05) is 0 Å². The molecule has 0 saturated heterocycles. The van der Waals surface area contributed by atoms with E-state index in [4.69, 9.17) is 21.4 Å². The Labute approximate surface area is 178 Å². The molecule has 64 valence electrons. The van der Waals surface area contributed by atoms with Crippen LogP contribution in [0, 0.1) is 0 Å². The molecular weight excluding hydrogens is 344 g/mol. The van der Waals surface area contributed by atoms with Gasteiger partial charge in [-0.2, -0.15) is 0 Å². The van der Waals surface area contributed by atoms with Crippen LogP contribution in [0.2, 0.25) is 0 Å². The number of hydrogen-bond donors (Lipinski definition) is 0. The van der Waals surface area contributed by atoms with E-state index in [1.165, 1.54) is 0 Å². The van der Waals surface area contributed by atoms with Crippen molar-refractivity contribution in [3.63, 3.8) is 0 Å². The first-order chi connectivity index (χ1) is 3.46. The fraction of sp³-hybridized carbons (Fsp3) is 0. The van der Waals surface area contributed by atoms with E-state index in [1.807, 2.05) is 0 Å². The molecule has 0 amide bonds. The molecule has 0 spiro atoms. The second-order valence-electron chi connectivity index (χ2n) is 0.500. The van der Waals surface area contributed by atoms with Crippen molar-refractivity contribution in [3.8, 4) is 0 Å². The van der Waals surface area contributed by atoms with Gasteiger partial charge in [0.25, 0.3) is 0 Å². The summed E-state index contributed by atoms with van der Waals surface area (Å²) in [7, 11) is 0. The first-order valence-corrected chi connectivity index (χ1v) is 5.05. The van der Waals surface area contributed by atoms with Crippen LogP contribution in [0.25, 0.3) is 0 Å². The van der Waals surface area contributed by atoms with E-state index in [0.717, 1.165) is 0 Å². The zero-order valence-corrected chi connectivity index (χ0v) is 16.2. The molecule has 13 heteroatoms. The molecule has 0 radical (unpaired) electrons. The van der Waals surface area contributed by atoms with Crippen LogP contribution in [0.4, 0.5) is 0 Å². The second kappa shape index (κ2) is 36.0. The Morgan fingerprint density at radius 2 is 0.615 bits per heavy atom. The third kappa shape index (κ3) is 169. The molecule has 0 fully saturated rings. The summed E-state index contributed by atoms with van der Waals surface area (Å²) in [5, 5.41) is 0. The molecule has 0 heterocycles. The summed E-state index contributed by atoms with van der Waals surface area (Å²) in [4.78, 5) is 0. The monoisotopic (exact) mass is 346 g/mol. The van der Waals surface area contributed by atoms with Crippen molar-refractivity contribution in [2.75, 3.05) is 0 Å². The summed E-state index contributed by atoms with van der Waals surface area (Å²) in [6.45, 7) is 0. The van der Waals surface area contributed by atoms with Crippen LogP contribution in [-0.4, -0.2) is 124 Å². The van der Waals surface area contributed by atoms with Gasteiger partial charge in [0, 0.05) is 0 Å². The predicted octanol–water partition coefficient (Wildman–Crippen LogP) is -6.49. The Kier molecular flexibility index (Phi) is 119. The zero-order chi connectivity index (χ0) is 7.15. The van der Waals surface area contributed by atoms with E-state index in [2.05, 4.69) is 0 Å². The molecule has 0 rings (SSSR count). The van der Waals surface area contributed by atoms with Gasteiger partial charge in [-0.15, -0.1) is 0 Å². The van der Waals surface area contributed by atoms with E-state index >= 15 is 0 Å². The Balaban J connectivity index is -0.00000000800. The van der Waals surface area contributed by atoms with Gasteiger partial charge in [0.15, 0.2) is 0 Å². The van der Waals surface area contributed by atoms with Crippen LogP contribution in [-0.2, 0) is 43.9 Å². The average molecular weight is 346 g/mol. The normalized spacial score (nSPS) is 4.00. The molecule has 0 saturated carbocycles. The van der Waals surface area contributed by atoms with Gasteiger partial charge in [-0.05, 0) is 0 Å². The Morgan fingerprint density at radius 1 is 0.615 bits per heavy atom. The third-order valence-corrected chi connectivity index (χ3v) is 0. The summed E-state index contributed by atoms with van der Waals surface area (Å²) >= 11 is -8.17. The molecule has 13 heavy (non-hydrogen) atoms. The van der Waals surface area contributed by atoms with Crippen molar-refractivity contribution >= 4 is 113 Å². The van der Waals surface area contributed by atoms with Crippen LogP contribution in [0.5, 0.6) is 0 Å². The standard InChI is InChI=1S/3Ca.2H2O.6O.2Ti/h;;;2*1H2;;;;;;;;/q3*+2;;;;;4*-1;;/p-2. The van der Waals surface area contributed by atoms with Crippen LogP contribution >= 0.6 is 0 Å². The minimum atomic E-state index is -4.08. The van der Waals surface area contributed by atoms with Gasteiger partial charge >= 0.3 is 172 Å². The Hall–Kier alpha value is 4.57. The van der Waals surface area contributed by atoms with E-state index in [9.17, 15) is 0 Å².